The van der Waals surface area contributed by atoms with E-state index in [-0.39, 0.29) is 0 Å². The molecule has 78 valence electrons. The second kappa shape index (κ2) is 5.54. The molecule has 4 nitrogen and oxygen atoms in total. The van der Waals surface area contributed by atoms with Gasteiger partial charge in [0.25, 0.3) is 0 Å². The van der Waals surface area contributed by atoms with Crippen molar-refractivity contribution < 1.29 is 4.74 Å². The molecule has 0 aromatic rings. The normalized spacial score (nSPS) is 21.2. The zero-order chi connectivity index (χ0) is 9.68. The molecule has 1 aliphatic rings. The number of hydrogen-bond donors (Lipinski definition) is 1. The summed E-state index contributed by atoms with van der Waals surface area (Å²) in [7, 11) is 4.12. The Morgan fingerprint density at radius 3 is 2.54 bits per heavy atom. The molecule has 0 amide bonds. The molecule has 1 saturated heterocycles. The molecule has 0 saturated carbocycles. The molecule has 1 rings (SSSR count). The van der Waals surface area contributed by atoms with Crippen molar-refractivity contribution in [1.29, 1.82) is 0 Å². The fourth-order valence-electron chi connectivity index (χ4n) is 1.44. The van der Waals surface area contributed by atoms with Gasteiger partial charge in [-0.2, -0.15) is 0 Å². The lowest BCUT2D eigenvalue weighted by Crippen LogP contribution is -2.41. The number of nitrogens with zero attached hydrogens (tertiary/aromatic N) is 2. The SMILES string of the molecule is CN(C)CCOC1CCN(N)CC1. The highest BCUT2D eigenvalue weighted by Gasteiger charge is 2.16. The topological polar surface area (TPSA) is 41.7 Å². The highest BCUT2D eigenvalue weighted by atomic mass is 16.5. The molecule has 0 aromatic heterocycles. The predicted molar refractivity (Wildman–Crippen MR) is 53.3 cm³/mol. The van der Waals surface area contributed by atoms with Gasteiger partial charge in [0.05, 0.1) is 12.7 Å². The molecular weight excluding hydrogens is 166 g/mol. The maximum Gasteiger partial charge on any atom is 0.0601 e. The van der Waals surface area contributed by atoms with Gasteiger partial charge >= 0.3 is 0 Å². The van der Waals surface area contributed by atoms with Crippen molar-refractivity contribution in [3.05, 3.63) is 0 Å². The van der Waals surface area contributed by atoms with E-state index in [1.165, 1.54) is 0 Å². The van der Waals surface area contributed by atoms with Gasteiger partial charge in [0.15, 0.2) is 0 Å². The summed E-state index contributed by atoms with van der Waals surface area (Å²) >= 11 is 0. The second-order valence-corrected chi connectivity index (χ2v) is 3.91. The Labute approximate surface area is 80.6 Å². The fourth-order valence-corrected chi connectivity index (χ4v) is 1.44. The maximum absolute atomic E-state index is 5.72. The van der Waals surface area contributed by atoms with Gasteiger partial charge in [0.1, 0.15) is 0 Å². The quantitative estimate of drug-likeness (QED) is 0.624. The molecule has 13 heavy (non-hydrogen) atoms. The van der Waals surface area contributed by atoms with Crippen LogP contribution in [0.25, 0.3) is 0 Å². The number of hydrogen-bond acceptors (Lipinski definition) is 4. The highest BCUT2D eigenvalue weighted by molar-refractivity contribution is 4.68. The van der Waals surface area contributed by atoms with Gasteiger partial charge in [-0.3, -0.25) is 5.84 Å². The minimum Gasteiger partial charge on any atom is -0.377 e. The van der Waals surface area contributed by atoms with Gasteiger partial charge in [-0.15, -0.1) is 0 Å². The summed E-state index contributed by atoms with van der Waals surface area (Å²) in [5.41, 5.74) is 0. The van der Waals surface area contributed by atoms with Crippen LogP contribution in [0.3, 0.4) is 0 Å². The van der Waals surface area contributed by atoms with Crippen LogP contribution in [0.5, 0.6) is 0 Å². The van der Waals surface area contributed by atoms with E-state index < -0.39 is 0 Å². The standard InChI is InChI=1S/C9H21N3O/c1-11(2)7-8-13-9-3-5-12(10)6-4-9/h9H,3-8,10H2,1-2H3. The summed E-state index contributed by atoms with van der Waals surface area (Å²) in [6, 6.07) is 0. The van der Waals surface area contributed by atoms with E-state index in [1.807, 2.05) is 5.01 Å². The van der Waals surface area contributed by atoms with E-state index in [9.17, 15) is 0 Å². The van der Waals surface area contributed by atoms with E-state index >= 15 is 0 Å². The van der Waals surface area contributed by atoms with Gasteiger partial charge in [-0.05, 0) is 26.9 Å². The Kier molecular flexibility index (Phi) is 4.66. The molecule has 4 heteroatoms. The molecule has 0 unspecified atom stereocenters. The first kappa shape index (κ1) is 10.9. The van der Waals surface area contributed by atoms with Gasteiger partial charge in [-0.1, -0.05) is 0 Å². The summed E-state index contributed by atoms with van der Waals surface area (Å²) in [6.07, 6.45) is 2.58. The first-order chi connectivity index (χ1) is 6.18. The molecular formula is C9H21N3O. The maximum atomic E-state index is 5.72. The van der Waals surface area contributed by atoms with Gasteiger partial charge in [0.2, 0.25) is 0 Å². The minimum absolute atomic E-state index is 0.430. The molecule has 0 radical (unpaired) electrons. The van der Waals surface area contributed by atoms with Crippen LogP contribution in [-0.2, 0) is 4.74 Å². The van der Waals surface area contributed by atoms with E-state index in [0.717, 1.165) is 39.1 Å². The first-order valence-corrected chi connectivity index (χ1v) is 4.94. The Morgan fingerprint density at radius 1 is 1.38 bits per heavy atom. The second-order valence-electron chi connectivity index (χ2n) is 3.91. The number of likely N-dealkylation sites (N-methyl/N-ethyl adjacent to an activating group) is 1. The van der Waals surface area contributed by atoms with E-state index in [2.05, 4.69) is 19.0 Å². The highest BCUT2D eigenvalue weighted by Crippen LogP contribution is 2.10. The Balaban J connectivity index is 2.02. The van der Waals surface area contributed by atoms with Crippen LogP contribution < -0.4 is 5.84 Å². The van der Waals surface area contributed by atoms with E-state index in [1.54, 1.807) is 0 Å². The number of piperidine rings is 1. The molecule has 1 fully saturated rings. The minimum atomic E-state index is 0.430. The molecule has 1 heterocycles. The van der Waals surface area contributed by atoms with Crippen molar-refractivity contribution in [2.24, 2.45) is 5.84 Å². The monoisotopic (exact) mass is 187 g/mol. The lowest BCUT2D eigenvalue weighted by atomic mass is 10.1. The summed E-state index contributed by atoms with van der Waals surface area (Å²) < 4.78 is 5.72. The largest absolute Gasteiger partial charge is 0.377 e. The number of ether oxygens (including phenoxy) is 1. The van der Waals surface area contributed by atoms with Crippen LogP contribution in [0.1, 0.15) is 12.8 Å². The molecule has 0 aromatic carbocycles. The Hall–Kier alpha value is -0.160. The van der Waals surface area contributed by atoms with E-state index in [4.69, 9.17) is 10.6 Å². The van der Waals surface area contributed by atoms with Crippen molar-refractivity contribution in [2.75, 3.05) is 40.3 Å². The third-order valence-corrected chi connectivity index (χ3v) is 2.37. The summed E-state index contributed by atoms with van der Waals surface area (Å²) in [5.74, 6) is 5.64. The number of hydrazine groups is 1. The van der Waals surface area contributed by atoms with Crippen LogP contribution in [0.4, 0.5) is 0 Å². The smallest absolute Gasteiger partial charge is 0.0601 e. The number of rotatable bonds is 4. The van der Waals surface area contributed by atoms with Crippen molar-refractivity contribution in [2.45, 2.75) is 18.9 Å². The molecule has 0 bridgehead atoms. The molecule has 0 aliphatic carbocycles. The average Bonchev–Trinajstić information content (AvgIpc) is 2.08. The van der Waals surface area contributed by atoms with Crippen LogP contribution in [0.15, 0.2) is 0 Å². The Morgan fingerprint density at radius 2 is 2.00 bits per heavy atom. The summed E-state index contributed by atoms with van der Waals surface area (Å²) in [6.45, 7) is 3.77. The van der Waals surface area contributed by atoms with E-state index in [0.29, 0.717) is 6.10 Å². The molecule has 2 N–H and O–H groups in total. The summed E-state index contributed by atoms with van der Waals surface area (Å²) in [4.78, 5) is 2.14. The van der Waals surface area contributed by atoms with Crippen LogP contribution in [0, 0.1) is 0 Å². The van der Waals surface area contributed by atoms with Crippen molar-refractivity contribution in [3.8, 4) is 0 Å². The third kappa shape index (κ3) is 4.57. The lowest BCUT2D eigenvalue weighted by Gasteiger charge is -2.28. The van der Waals surface area contributed by atoms with Crippen molar-refractivity contribution >= 4 is 0 Å². The van der Waals surface area contributed by atoms with Gasteiger partial charge in [0, 0.05) is 19.6 Å². The molecule has 0 atom stereocenters. The van der Waals surface area contributed by atoms with Crippen molar-refractivity contribution in [1.82, 2.24) is 9.91 Å². The predicted octanol–water partition coefficient (Wildman–Crippen LogP) is -0.0973. The van der Waals surface area contributed by atoms with Crippen LogP contribution in [-0.4, -0.2) is 56.3 Å². The van der Waals surface area contributed by atoms with Crippen LogP contribution >= 0.6 is 0 Å². The zero-order valence-electron chi connectivity index (χ0n) is 8.70. The summed E-state index contributed by atoms with van der Waals surface area (Å²) in [5, 5.41) is 1.87. The third-order valence-electron chi connectivity index (χ3n) is 2.37. The first-order valence-electron chi connectivity index (χ1n) is 4.94. The van der Waals surface area contributed by atoms with Crippen molar-refractivity contribution in [3.63, 3.8) is 0 Å². The van der Waals surface area contributed by atoms with Crippen LogP contribution in [0.2, 0.25) is 0 Å². The lowest BCUT2D eigenvalue weighted by molar-refractivity contribution is 0.00214. The number of nitrogens with two attached hydrogens (primary N) is 1. The average molecular weight is 187 g/mol. The molecule has 0 spiro atoms. The Bertz CT molecular complexity index is 133. The molecule has 1 aliphatic heterocycles. The van der Waals surface area contributed by atoms with Gasteiger partial charge < -0.3 is 9.64 Å². The zero-order valence-corrected chi connectivity index (χ0v) is 8.70. The van der Waals surface area contributed by atoms with Gasteiger partial charge in [-0.25, -0.2) is 5.01 Å². The fraction of sp³-hybridized carbons (Fsp3) is 1.00.